The van der Waals surface area contributed by atoms with Crippen LogP contribution in [0.15, 0.2) is 71.9 Å². The third-order valence-corrected chi connectivity index (χ3v) is 5.68. The minimum absolute atomic E-state index is 0.106. The van der Waals surface area contributed by atoms with Gasteiger partial charge in [0.25, 0.3) is 0 Å². The van der Waals surface area contributed by atoms with Gasteiger partial charge in [-0.05, 0) is 47.5 Å². The number of nitrogens with zero attached hydrogens (tertiary/aromatic N) is 2. The standard InChI is InChI=1S/C22H20F2N2OS/c23-18-7-3-16(4-8-18)12-26-11-1-2-21(26)22-25-20(13-27-22)15-28-14-17-5-9-19(24)10-6-17/h1-11,20H,12-15H2. The van der Waals surface area contributed by atoms with Crippen LogP contribution in [0.4, 0.5) is 8.78 Å². The van der Waals surface area contributed by atoms with Crippen molar-refractivity contribution < 1.29 is 13.5 Å². The van der Waals surface area contributed by atoms with E-state index in [4.69, 9.17) is 9.73 Å². The van der Waals surface area contributed by atoms with Gasteiger partial charge in [0.1, 0.15) is 23.9 Å². The molecule has 0 bridgehead atoms. The second kappa shape index (κ2) is 8.61. The first-order chi connectivity index (χ1) is 13.7. The molecule has 1 aromatic heterocycles. The van der Waals surface area contributed by atoms with E-state index < -0.39 is 0 Å². The number of benzene rings is 2. The first-order valence-corrected chi connectivity index (χ1v) is 10.3. The zero-order valence-electron chi connectivity index (χ0n) is 15.2. The summed E-state index contributed by atoms with van der Waals surface area (Å²) in [6.07, 6.45) is 1.97. The summed E-state index contributed by atoms with van der Waals surface area (Å²) in [5, 5.41) is 0. The molecular formula is C22H20F2N2OS. The molecule has 0 spiro atoms. The number of rotatable bonds is 7. The molecule has 1 unspecified atom stereocenters. The third-order valence-electron chi connectivity index (χ3n) is 4.52. The van der Waals surface area contributed by atoms with E-state index in [2.05, 4.69) is 4.57 Å². The van der Waals surface area contributed by atoms with Crippen molar-refractivity contribution in [2.75, 3.05) is 12.4 Å². The first-order valence-electron chi connectivity index (χ1n) is 9.10. The summed E-state index contributed by atoms with van der Waals surface area (Å²) in [5.74, 6) is 1.87. The van der Waals surface area contributed by atoms with Gasteiger partial charge in [-0.3, -0.25) is 0 Å². The SMILES string of the molecule is Fc1ccc(CSCC2COC(c3cccn3Cc3ccc(F)cc3)=N2)cc1. The number of halogens is 2. The fourth-order valence-corrected chi connectivity index (χ4v) is 4.06. The van der Waals surface area contributed by atoms with Gasteiger partial charge in [-0.2, -0.15) is 11.8 Å². The largest absolute Gasteiger partial charge is 0.474 e. The molecule has 1 atom stereocenters. The lowest BCUT2D eigenvalue weighted by molar-refractivity contribution is 0.323. The minimum Gasteiger partial charge on any atom is -0.474 e. The van der Waals surface area contributed by atoms with Crippen molar-refractivity contribution in [3.63, 3.8) is 0 Å². The maximum absolute atomic E-state index is 13.1. The van der Waals surface area contributed by atoms with Crippen LogP contribution in [0.5, 0.6) is 0 Å². The summed E-state index contributed by atoms with van der Waals surface area (Å²) in [6.45, 7) is 1.20. The highest BCUT2D eigenvalue weighted by molar-refractivity contribution is 7.98. The van der Waals surface area contributed by atoms with Crippen molar-refractivity contribution in [3.05, 3.63) is 95.3 Å². The molecule has 28 heavy (non-hydrogen) atoms. The van der Waals surface area contributed by atoms with E-state index in [1.54, 1.807) is 23.9 Å². The Morgan fingerprint density at radius 1 is 0.964 bits per heavy atom. The van der Waals surface area contributed by atoms with E-state index >= 15 is 0 Å². The van der Waals surface area contributed by atoms with Crippen LogP contribution in [0.2, 0.25) is 0 Å². The molecule has 144 valence electrons. The minimum atomic E-state index is -0.235. The molecule has 4 rings (SSSR count). The van der Waals surface area contributed by atoms with Crippen molar-refractivity contribution in [1.82, 2.24) is 4.57 Å². The highest BCUT2D eigenvalue weighted by atomic mass is 32.2. The molecule has 1 aliphatic heterocycles. The van der Waals surface area contributed by atoms with Crippen LogP contribution in [-0.2, 0) is 17.0 Å². The predicted molar refractivity (Wildman–Crippen MR) is 109 cm³/mol. The van der Waals surface area contributed by atoms with E-state index in [0.717, 1.165) is 28.3 Å². The van der Waals surface area contributed by atoms with Crippen molar-refractivity contribution >= 4 is 17.7 Å². The van der Waals surface area contributed by atoms with Crippen LogP contribution >= 0.6 is 11.8 Å². The Balaban J connectivity index is 1.35. The Labute approximate surface area is 167 Å². The average Bonchev–Trinajstić information content (AvgIpc) is 3.34. The van der Waals surface area contributed by atoms with Crippen molar-refractivity contribution in [2.45, 2.75) is 18.3 Å². The summed E-state index contributed by atoms with van der Waals surface area (Å²) in [7, 11) is 0. The summed E-state index contributed by atoms with van der Waals surface area (Å²) in [4.78, 5) is 4.72. The van der Waals surface area contributed by atoms with E-state index in [0.29, 0.717) is 19.0 Å². The van der Waals surface area contributed by atoms with Gasteiger partial charge in [0.2, 0.25) is 5.90 Å². The number of hydrogen-bond donors (Lipinski definition) is 0. The lowest BCUT2D eigenvalue weighted by atomic mass is 10.2. The van der Waals surface area contributed by atoms with Crippen LogP contribution in [-0.4, -0.2) is 28.9 Å². The van der Waals surface area contributed by atoms with Gasteiger partial charge >= 0.3 is 0 Å². The molecule has 0 aliphatic carbocycles. The molecule has 0 saturated carbocycles. The van der Waals surface area contributed by atoms with E-state index in [-0.39, 0.29) is 17.7 Å². The molecule has 2 heterocycles. The van der Waals surface area contributed by atoms with Gasteiger partial charge in [-0.1, -0.05) is 24.3 Å². The van der Waals surface area contributed by atoms with Crippen molar-refractivity contribution in [3.8, 4) is 0 Å². The zero-order valence-corrected chi connectivity index (χ0v) is 16.0. The maximum atomic E-state index is 13.1. The summed E-state index contributed by atoms with van der Waals surface area (Å²) < 4.78 is 33.9. The van der Waals surface area contributed by atoms with Gasteiger partial charge in [0, 0.05) is 24.2 Å². The Morgan fingerprint density at radius 3 is 2.36 bits per heavy atom. The Hall–Kier alpha value is -2.60. The second-order valence-electron chi connectivity index (χ2n) is 6.69. The molecule has 0 N–H and O–H groups in total. The van der Waals surface area contributed by atoms with Gasteiger partial charge in [-0.15, -0.1) is 0 Å². The summed E-state index contributed by atoms with van der Waals surface area (Å²) in [5.41, 5.74) is 3.04. The molecular weight excluding hydrogens is 378 g/mol. The molecule has 3 aromatic rings. The molecule has 6 heteroatoms. The molecule has 0 amide bonds. The van der Waals surface area contributed by atoms with Gasteiger partial charge < -0.3 is 9.30 Å². The smallest absolute Gasteiger partial charge is 0.233 e. The third kappa shape index (κ3) is 4.62. The lowest BCUT2D eigenvalue weighted by Crippen LogP contribution is -2.11. The molecule has 2 aromatic carbocycles. The second-order valence-corrected chi connectivity index (χ2v) is 7.72. The molecule has 0 radical (unpaired) electrons. The topological polar surface area (TPSA) is 26.5 Å². The van der Waals surface area contributed by atoms with Crippen LogP contribution < -0.4 is 0 Å². The molecule has 0 fully saturated rings. The van der Waals surface area contributed by atoms with Crippen molar-refractivity contribution in [2.24, 2.45) is 4.99 Å². The molecule has 3 nitrogen and oxygen atoms in total. The van der Waals surface area contributed by atoms with E-state index in [1.165, 1.54) is 24.3 Å². The zero-order chi connectivity index (χ0) is 19.3. The van der Waals surface area contributed by atoms with Crippen LogP contribution in [0, 0.1) is 11.6 Å². The Kier molecular flexibility index (Phi) is 5.76. The quantitative estimate of drug-likeness (QED) is 0.566. The van der Waals surface area contributed by atoms with E-state index in [9.17, 15) is 8.78 Å². The maximum Gasteiger partial charge on any atom is 0.233 e. The number of aromatic nitrogens is 1. The molecule has 0 saturated heterocycles. The van der Waals surface area contributed by atoms with Crippen molar-refractivity contribution in [1.29, 1.82) is 0 Å². The first kappa shape index (κ1) is 18.7. The lowest BCUT2D eigenvalue weighted by Gasteiger charge is -2.09. The Bertz CT molecular complexity index is 951. The fourth-order valence-electron chi connectivity index (χ4n) is 3.07. The molecule has 1 aliphatic rings. The van der Waals surface area contributed by atoms with Gasteiger partial charge in [-0.25, -0.2) is 13.8 Å². The van der Waals surface area contributed by atoms with E-state index in [1.807, 2.05) is 30.5 Å². The van der Waals surface area contributed by atoms with Gasteiger partial charge in [0.15, 0.2) is 0 Å². The highest BCUT2D eigenvalue weighted by Gasteiger charge is 2.22. The monoisotopic (exact) mass is 398 g/mol. The number of ether oxygens (including phenoxy) is 1. The predicted octanol–water partition coefficient (Wildman–Crippen LogP) is 4.89. The van der Waals surface area contributed by atoms with Crippen LogP contribution in [0.25, 0.3) is 0 Å². The normalized spacial score (nSPS) is 16.1. The van der Waals surface area contributed by atoms with Crippen LogP contribution in [0.1, 0.15) is 16.8 Å². The summed E-state index contributed by atoms with van der Waals surface area (Å²) in [6, 6.07) is 17.1. The number of thioether (sulfide) groups is 1. The highest BCUT2D eigenvalue weighted by Crippen LogP contribution is 2.20. The Morgan fingerprint density at radius 2 is 1.64 bits per heavy atom. The number of hydrogen-bond acceptors (Lipinski definition) is 3. The average molecular weight is 398 g/mol. The van der Waals surface area contributed by atoms with Gasteiger partial charge in [0.05, 0.1) is 6.04 Å². The number of aliphatic imine (C=N–C) groups is 1. The van der Waals surface area contributed by atoms with Crippen LogP contribution in [0.3, 0.4) is 0 Å². The summed E-state index contributed by atoms with van der Waals surface area (Å²) >= 11 is 1.77. The fraction of sp³-hybridized carbons (Fsp3) is 0.227.